The molecule has 1 atom stereocenters. The number of esters is 1. The Balaban J connectivity index is 1.79. The van der Waals surface area contributed by atoms with E-state index < -0.39 is 17.3 Å². The van der Waals surface area contributed by atoms with Crippen molar-refractivity contribution in [3.05, 3.63) is 21.9 Å². The van der Waals surface area contributed by atoms with Crippen molar-refractivity contribution < 1.29 is 23.1 Å². The molecule has 8 heteroatoms. The zero-order valence-corrected chi connectivity index (χ0v) is 15.9. The number of halogens is 2. The van der Waals surface area contributed by atoms with Crippen molar-refractivity contribution in [2.24, 2.45) is 5.41 Å². The van der Waals surface area contributed by atoms with E-state index in [-0.39, 0.29) is 18.9 Å². The van der Waals surface area contributed by atoms with Crippen molar-refractivity contribution in [3.8, 4) is 0 Å². The van der Waals surface area contributed by atoms with E-state index in [1.807, 2.05) is 6.92 Å². The van der Waals surface area contributed by atoms with Gasteiger partial charge in [-0.2, -0.15) is 0 Å². The molecule has 0 radical (unpaired) electrons. The van der Waals surface area contributed by atoms with Gasteiger partial charge in [-0.15, -0.1) is 11.3 Å². The third-order valence-electron chi connectivity index (χ3n) is 5.24. The van der Waals surface area contributed by atoms with Gasteiger partial charge in [0, 0.05) is 42.9 Å². The fourth-order valence-electron chi connectivity index (χ4n) is 4.20. The van der Waals surface area contributed by atoms with Crippen LogP contribution in [0, 0.1) is 5.41 Å². The summed E-state index contributed by atoms with van der Waals surface area (Å²) in [6.07, 6.45) is 0.894. The van der Waals surface area contributed by atoms with E-state index in [0.717, 1.165) is 11.3 Å². The molecule has 5 nitrogen and oxygen atoms in total. The van der Waals surface area contributed by atoms with Crippen molar-refractivity contribution in [2.45, 2.75) is 38.7 Å². The number of carbonyl (C=O) groups excluding carboxylic acids is 2. The highest BCUT2D eigenvalue weighted by Crippen LogP contribution is 2.45. The lowest BCUT2D eigenvalue weighted by Crippen LogP contribution is -2.60. The SMILES string of the molecule is CCN1CCCC2(CN(Cc3cc(C(=O)OC)cs3)CC(F)(F)C2)C1=O. The summed E-state index contributed by atoms with van der Waals surface area (Å²) in [6, 6.07) is 1.68. The van der Waals surface area contributed by atoms with Gasteiger partial charge in [0.15, 0.2) is 0 Å². The predicted molar refractivity (Wildman–Crippen MR) is 94.4 cm³/mol. The number of alkyl halides is 2. The molecular weight excluding hydrogens is 362 g/mol. The lowest BCUT2D eigenvalue weighted by atomic mass is 9.71. The molecule has 26 heavy (non-hydrogen) atoms. The van der Waals surface area contributed by atoms with Gasteiger partial charge < -0.3 is 9.64 Å². The first-order chi connectivity index (χ1) is 12.3. The average molecular weight is 386 g/mol. The fourth-order valence-corrected chi connectivity index (χ4v) is 5.10. The number of piperidine rings is 2. The third-order valence-corrected chi connectivity index (χ3v) is 6.16. The maximum Gasteiger partial charge on any atom is 0.338 e. The van der Waals surface area contributed by atoms with Crippen molar-refractivity contribution in [1.29, 1.82) is 0 Å². The van der Waals surface area contributed by atoms with E-state index in [1.54, 1.807) is 21.2 Å². The van der Waals surface area contributed by atoms with Crippen LogP contribution < -0.4 is 0 Å². The van der Waals surface area contributed by atoms with Gasteiger partial charge in [0.1, 0.15) is 0 Å². The van der Waals surface area contributed by atoms with Gasteiger partial charge in [-0.05, 0) is 25.8 Å². The average Bonchev–Trinajstić information content (AvgIpc) is 3.03. The molecule has 0 aliphatic carbocycles. The van der Waals surface area contributed by atoms with Crippen LogP contribution in [-0.2, 0) is 16.1 Å². The van der Waals surface area contributed by atoms with Crippen LogP contribution in [0.5, 0.6) is 0 Å². The topological polar surface area (TPSA) is 49.9 Å². The van der Waals surface area contributed by atoms with E-state index in [9.17, 15) is 18.4 Å². The molecule has 0 saturated carbocycles. The van der Waals surface area contributed by atoms with Crippen LogP contribution >= 0.6 is 11.3 Å². The number of methoxy groups -OCH3 is 1. The lowest BCUT2D eigenvalue weighted by molar-refractivity contribution is -0.169. The number of ether oxygens (including phenoxy) is 1. The van der Waals surface area contributed by atoms with E-state index in [1.165, 1.54) is 18.4 Å². The molecule has 0 bridgehead atoms. The number of carbonyl (C=O) groups is 2. The van der Waals surface area contributed by atoms with Gasteiger partial charge in [0.05, 0.1) is 24.6 Å². The molecule has 1 unspecified atom stereocenters. The number of amides is 1. The monoisotopic (exact) mass is 386 g/mol. The first-order valence-corrected chi connectivity index (χ1v) is 9.72. The maximum atomic E-state index is 14.5. The van der Waals surface area contributed by atoms with Crippen LogP contribution in [0.1, 0.15) is 41.4 Å². The molecule has 1 aromatic rings. The molecule has 2 fully saturated rings. The largest absolute Gasteiger partial charge is 0.465 e. The Labute approximate surface area is 155 Å². The predicted octanol–water partition coefficient (Wildman–Crippen LogP) is 3.00. The number of hydrogen-bond acceptors (Lipinski definition) is 5. The summed E-state index contributed by atoms with van der Waals surface area (Å²) >= 11 is 1.35. The summed E-state index contributed by atoms with van der Waals surface area (Å²) in [4.78, 5) is 28.6. The van der Waals surface area contributed by atoms with Crippen molar-refractivity contribution in [3.63, 3.8) is 0 Å². The van der Waals surface area contributed by atoms with Crippen LogP contribution in [0.15, 0.2) is 11.4 Å². The number of likely N-dealkylation sites (tertiary alicyclic amines) is 2. The van der Waals surface area contributed by atoms with Gasteiger partial charge in [0.2, 0.25) is 5.91 Å². The molecule has 2 aliphatic rings. The number of hydrogen-bond donors (Lipinski definition) is 0. The highest BCUT2D eigenvalue weighted by molar-refractivity contribution is 7.10. The Morgan fingerprint density at radius 1 is 1.38 bits per heavy atom. The molecule has 144 valence electrons. The van der Waals surface area contributed by atoms with Gasteiger partial charge >= 0.3 is 5.97 Å². The van der Waals surface area contributed by atoms with Crippen LogP contribution in [0.3, 0.4) is 0 Å². The van der Waals surface area contributed by atoms with Crippen molar-refractivity contribution in [1.82, 2.24) is 9.80 Å². The zero-order chi connectivity index (χ0) is 18.9. The first kappa shape index (κ1) is 19.2. The Morgan fingerprint density at radius 2 is 2.15 bits per heavy atom. The van der Waals surface area contributed by atoms with Gasteiger partial charge in [-0.3, -0.25) is 9.69 Å². The Hall–Kier alpha value is -1.54. The van der Waals surface area contributed by atoms with Crippen LogP contribution in [-0.4, -0.2) is 60.9 Å². The van der Waals surface area contributed by atoms with Gasteiger partial charge in [-0.1, -0.05) is 0 Å². The summed E-state index contributed by atoms with van der Waals surface area (Å²) in [5, 5.41) is 1.67. The summed E-state index contributed by atoms with van der Waals surface area (Å²) in [5.41, 5.74) is -0.574. The normalized spacial score (nSPS) is 26.3. The van der Waals surface area contributed by atoms with Gasteiger partial charge in [0.25, 0.3) is 5.92 Å². The fraction of sp³-hybridized carbons (Fsp3) is 0.667. The lowest BCUT2D eigenvalue weighted by Gasteiger charge is -2.49. The molecule has 0 aromatic carbocycles. The summed E-state index contributed by atoms with van der Waals surface area (Å²) < 4.78 is 33.7. The minimum atomic E-state index is -2.90. The van der Waals surface area contributed by atoms with Crippen LogP contribution in [0.2, 0.25) is 0 Å². The molecular formula is C18H24F2N2O3S. The van der Waals surface area contributed by atoms with Crippen LogP contribution in [0.25, 0.3) is 0 Å². The van der Waals surface area contributed by atoms with Crippen molar-refractivity contribution in [2.75, 3.05) is 33.3 Å². The first-order valence-electron chi connectivity index (χ1n) is 8.84. The highest BCUT2D eigenvalue weighted by Gasteiger charge is 2.54. The molecule has 2 saturated heterocycles. The minimum Gasteiger partial charge on any atom is -0.465 e. The highest BCUT2D eigenvalue weighted by atomic mass is 32.1. The molecule has 1 amide bonds. The summed E-state index contributed by atoms with van der Waals surface area (Å²) in [7, 11) is 1.31. The zero-order valence-electron chi connectivity index (χ0n) is 15.1. The van der Waals surface area contributed by atoms with Crippen LogP contribution in [0.4, 0.5) is 8.78 Å². The maximum absolute atomic E-state index is 14.5. The van der Waals surface area contributed by atoms with E-state index in [0.29, 0.717) is 38.2 Å². The minimum absolute atomic E-state index is 0.142. The smallest absolute Gasteiger partial charge is 0.338 e. The Kier molecular flexibility index (Phi) is 5.35. The quantitative estimate of drug-likeness (QED) is 0.747. The second-order valence-electron chi connectivity index (χ2n) is 7.24. The molecule has 3 heterocycles. The summed E-state index contributed by atoms with van der Waals surface area (Å²) in [6.45, 7) is 3.37. The third kappa shape index (κ3) is 3.76. The second-order valence-corrected chi connectivity index (χ2v) is 8.24. The molecule has 0 N–H and O–H groups in total. The van der Waals surface area contributed by atoms with E-state index in [4.69, 9.17) is 0 Å². The van der Waals surface area contributed by atoms with Gasteiger partial charge in [-0.25, -0.2) is 13.6 Å². The number of rotatable bonds is 4. The van der Waals surface area contributed by atoms with E-state index >= 15 is 0 Å². The number of thiophene rings is 1. The summed E-state index contributed by atoms with van der Waals surface area (Å²) in [5.74, 6) is -3.47. The Morgan fingerprint density at radius 3 is 2.85 bits per heavy atom. The van der Waals surface area contributed by atoms with Crippen molar-refractivity contribution >= 4 is 23.2 Å². The molecule has 3 rings (SSSR count). The second kappa shape index (κ2) is 7.23. The van der Waals surface area contributed by atoms with E-state index in [2.05, 4.69) is 4.74 Å². The molecule has 1 spiro atoms. The molecule has 2 aliphatic heterocycles. The number of nitrogens with zero attached hydrogens (tertiary/aromatic N) is 2. The standard InChI is InChI=1S/C18H24F2N2O3S/c1-3-22-6-4-5-17(16(22)24)10-18(19,20)12-21(11-17)8-14-7-13(9-26-14)15(23)25-2/h7,9H,3-6,8,10-12H2,1-2H3. The Bertz CT molecular complexity index is 694. The molecule has 1 aromatic heterocycles.